The minimum atomic E-state index is -0.0636. The van der Waals surface area contributed by atoms with E-state index in [0.29, 0.717) is 16.5 Å². The van der Waals surface area contributed by atoms with Gasteiger partial charge in [-0.2, -0.15) is 0 Å². The highest BCUT2D eigenvalue weighted by Gasteiger charge is 2.15. The van der Waals surface area contributed by atoms with Gasteiger partial charge in [-0.05, 0) is 59.6 Å². The first-order chi connectivity index (χ1) is 8.16. The zero-order valence-corrected chi connectivity index (χ0v) is 11.6. The molecule has 0 spiro atoms. The fourth-order valence-corrected chi connectivity index (χ4v) is 2.29. The summed E-state index contributed by atoms with van der Waals surface area (Å²) in [4.78, 5) is 11.9. The molecule has 0 aromatic heterocycles. The Morgan fingerprint density at radius 1 is 1.59 bits per heavy atom. The molecule has 1 aromatic carbocycles. The van der Waals surface area contributed by atoms with E-state index in [1.165, 1.54) is 0 Å². The third kappa shape index (κ3) is 3.44. The Balaban J connectivity index is 1.92. The van der Waals surface area contributed by atoms with Gasteiger partial charge in [0.25, 0.3) is 5.91 Å². The molecule has 0 radical (unpaired) electrons. The zero-order valence-electron chi connectivity index (χ0n) is 9.30. The van der Waals surface area contributed by atoms with Gasteiger partial charge in [-0.15, -0.1) is 0 Å². The zero-order chi connectivity index (χ0) is 12.3. The molecule has 1 saturated heterocycles. The van der Waals surface area contributed by atoms with Crippen molar-refractivity contribution in [3.8, 4) is 0 Å². The maximum absolute atomic E-state index is 11.9. The Morgan fingerprint density at radius 2 is 2.41 bits per heavy atom. The Kier molecular flexibility index (Phi) is 4.42. The monoisotopic (exact) mass is 316 g/mol. The van der Waals surface area contributed by atoms with E-state index in [-0.39, 0.29) is 5.91 Å². The number of hydrogen-bond donors (Lipinski definition) is 2. The minimum Gasteiger partial charge on any atom is -0.352 e. The van der Waals surface area contributed by atoms with Crippen LogP contribution < -0.4 is 10.6 Å². The molecule has 1 aromatic rings. The molecule has 2 N–H and O–H groups in total. The van der Waals surface area contributed by atoms with Gasteiger partial charge < -0.3 is 10.6 Å². The van der Waals surface area contributed by atoms with Crippen LogP contribution in [0.2, 0.25) is 5.02 Å². The van der Waals surface area contributed by atoms with Crippen molar-refractivity contribution < 1.29 is 4.79 Å². The summed E-state index contributed by atoms with van der Waals surface area (Å²) in [5.41, 5.74) is 0.601. The lowest BCUT2D eigenvalue weighted by Gasteiger charge is -2.10. The Morgan fingerprint density at radius 3 is 3.06 bits per heavy atom. The normalized spacial score (nSPS) is 19.3. The van der Waals surface area contributed by atoms with Crippen LogP contribution in [0.1, 0.15) is 16.8 Å². The van der Waals surface area contributed by atoms with E-state index >= 15 is 0 Å². The average Bonchev–Trinajstić information content (AvgIpc) is 2.82. The van der Waals surface area contributed by atoms with Gasteiger partial charge in [-0.3, -0.25) is 4.79 Å². The van der Waals surface area contributed by atoms with Crippen LogP contribution in [0.15, 0.2) is 22.7 Å². The molecule has 2 rings (SSSR count). The van der Waals surface area contributed by atoms with Crippen molar-refractivity contribution in [3.05, 3.63) is 33.3 Å². The maximum Gasteiger partial charge on any atom is 0.251 e. The molecule has 3 nitrogen and oxygen atoms in total. The third-order valence-corrected chi connectivity index (χ3v) is 4.13. The highest BCUT2D eigenvalue weighted by molar-refractivity contribution is 9.10. The summed E-state index contributed by atoms with van der Waals surface area (Å²) in [6, 6.07) is 5.22. The molecular weight excluding hydrogens is 304 g/mol. The van der Waals surface area contributed by atoms with Crippen molar-refractivity contribution in [2.24, 2.45) is 5.92 Å². The van der Waals surface area contributed by atoms with Crippen molar-refractivity contribution in [2.45, 2.75) is 6.42 Å². The molecule has 1 aliphatic heterocycles. The van der Waals surface area contributed by atoms with E-state index in [1.54, 1.807) is 18.2 Å². The molecule has 1 amide bonds. The fraction of sp³-hybridized carbons (Fsp3) is 0.417. The summed E-state index contributed by atoms with van der Waals surface area (Å²) in [6.07, 6.45) is 1.13. The Hall–Kier alpha value is -0.580. The molecule has 5 heteroatoms. The summed E-state index contributed by atoms with van der Waals surface area (Å²) in [5.74, 6) is 0.483. The molecule has 17 heavy (non-hydrogen) atoms. The van der Waals surface area contributed by atoms with Crippen LogP contribution >= 0.6 is 27.5 Å². The Labute approximate surface area is 114 Å². The van der Waals surface area contributed by atoms with Gasteiger partial charge in [-0.25, -0.2) is 0 Å². The number of benzene rings is 1. The van der Waals surface area contributed by atoms with E-state index in [1.807, 2.05) is 0 Å². The number of hydrogen-bond acceptors (Lipinski definition) is 2. The molecule has 1 unspecified atom stereocenters. The SMILES string of the molecule is O=C(NCC1CCNC1)c1ccc(Br)c(Cl)c1. The van der Waals surface area contributed by atoms with Gasteiger partial charge in [0.2, 0.25) is 0 Å². The summed E-state index contributed by atoms with van der Waals surface area (Å²) in [6.45, 7) is 2.76. The van der Waals surface area contributed by atoms with E-state index in [2.05, 4.69) is 26.6 Å². The van der Waals surface area contributed by atoms with Gasteiger partial charge >= 0.3 is 0 Å². The highest BCUT2D eigenvalue weighted by Crippen LogP contribution is 2.23. The van der Waals surface area contributed by atoms with Gasteiger partial charge in [0.05, 0.1) is 5.02 Å². The molecule has 0 bridgehead atoms. The minimum absolute atomic E-state index is 0.0636. The first kappa shape index (κ1) is 12.9. The van der Waals surface area contributed by atoms with Crippen molar-refractivity contribution in [2.75, 3.05) is 19.6 Å². The second kappa shape index (κ2) is 5.85. The summed E-state index contributed by atoms with van der Waals surface area (Å²) < 4.78 is 0.802. The van der Waals surface area contributed by atoms with Crippen LogP contribution in [-0.2, 0) is 0 Å². The predicted molar refractivity (Wildman–Crippen MR) is 72.5 cm³/mol. The van der Waals surface area contributed by atoms with Crippen LogP contribution in [0.3, 0.4) is 0 Å². The molecule has 92 valence electrons. The molecular formula is C12H14BrClN2O. The lowest BCUT2D eigenvalue weighted by molar-refractivity contribution is 0.0948. The lowest BCUT2D eigenvalue weighted by atomic mass is 10.1. The average molecular weight is 318 g/mol. The van der Waals surface area contributed by atoms with Crippen LogP contribution in [0.25, 0.3) is 0 Å². The van der Waals surface area contributed by atoms with Crippen molar-refractivity contribution in [1.82, 2.24) is 10.6 Å². The first-order valence-electron chi connectivity index (χ1n) is 5.61. The summed E-state index contributed by atoms with van der Waals surface area (Å²) >= 11 is 9.25. The van der Waals surface area contributed by atoms with Gasteiger partial charge in [0.15, 0.2) is 0 Å². The van der Waals surface area contributed by atoms with Crippen molar-refractivity contribution >= 4 is 33.4 Å². The van der Waals surface area contributed by atoms with Crippen molar-refractivity contribution in [1.29, 1.82) is 0 Å². The van der Waals surface area contributed by atoms with Crippen LogP contribution in [-0.4, -0.2) is 25.5 Å². The molecule has 1 heterocycles. The largest absolute Gasteiger partial charge is 0.352 e. The molecule has 1 atom stereocenters. The van der Waals surface area contributed by atoms with E-state index in [9.17, 15) is 4.79 Å². The number of halogens is 2. The Bertz CT molecular complexity index is 419. The fourth-order valence-electron chi connectivity index (χ4n) is 1.87. The standard InChI is InChI=1S/C12H14BrClN2O/c13-10-2-1-9(5-11(10)14)12(17)16-7-8-3-4-15-6-8/h1-2,5,8,15H,3-4,6-7H2,(H,16,17). The smallest absolute Gasteiger partial charge is 0.251 e. The van der Waals surface area contributed by atoms with Crippen molar-refractivity contribution in [3.63, 3.8) is 0 Å². The first-order valence-corrected chi connectivity index (χ1v) is 6.78. The number of carbonyl (C=O) groups is 1. The van der Waals surface area contributed by atoms with Gasteiger partial charge in [-0.1, -0.05) is 11.6 Å². The quantitative estimate of drug-likeness (QED) is 0.899. The molecule has 1 fully saturated rings. The van der Waals surface area contributed by atoms with Crippen LogP contribution in [0.5, 0.6) is 0 Å². The number of nitrogens with one attached hydrogen (secondary N) is 2. The second-order valence-electron chi connectivity index (χ2n) is 4.20. The van der Waals surface area contributed by atoms with E-state index in [0.717, 1.165) is 30.5 Å². The lowest BCUT2D eigenvalue weighted by Crippen LogP contribution is -2.30. The molecule has 1 aliphatic rings. The van der Waals surface area contributed by atoms with Crippen LogP contribution in [0.4, 0.5) is 0 Å². The number of carbonyl (C=O) groups excluding carboxylic acids is 1. The predicted octanol–water partition coefficient (Wildman–Crippen LogP) is 2.44. The van der Waals surface area contributed by atoms with Gasteiger partial charge in [0, 0.05) is 16.6 Å². The topological polar surface area (TPSA) is 41.1 Å². The maximum atomic E-state index is 11.9. The number of amides is 1. The highest BCUT2D eigenvalue weighted by atomic mass is 79.9. The molecule has 0 aliphatic carbocycles. The summed E-state index contributed by atoms with van der Waals surface area (Å²) in [5, 5.41) is 6.76. The number of rotatable bonds is 3. The summed E-state index contributed by atoms with van der Waals surface area (Å²) in [7, 11) is 0. The second-order valence-corrected chi connectivity index (χ2v) is 5.46. The van der Waals surface area contributed by atoms with Gasteiger partial charge in [0.1, 0.15) is 0 Å². The third-order valence-electron chi connectivity index (χ3n) is 2.90. The van der Waals surface area contributed by atoms with E-state index in [4.69, 9.17) is 11.6 Å². The van der Waals surface area contributed by atoms with E-state index < -0.39 is 0 Å². The van der Waals surface area contributed by atoms with Crippen LogP contribution in [0, 0.1) is 5.92 Å². The molecule has 0 saturated carbocycles.